The summed E-state index contributed by atoms with van der Waals surface area (Å²) in [5.41, 5.74) is 6.79. The molecular formula is C30H22Cl2N2O. The van der Waals surface area contributed by atoms with E-state index in [-0.39, 0.29) is 5.78 Å². The highest BCUT2D eigenvalue weighted by Gasteiger charge is 2.51. The Bertz CT molecular complexity index is 1650. The summed E-state index contributed by atoms with van der Waals surface area (Å²) in [6.07, 6.45) is 0. The van der Waals surface area contributed by atoms with Gasteiger partial charge in [0.15, 0.2) is 11.3 Å². The van der Waals surface area contributed by atoms with Gasteiger partial charge in [-0.05, 0) is 73.5 Å². The first-order chi connectivity index (χ1) is 16.9. The topological polar surface area (TPSA) is 44.9 Å². The predicted octanol–water partition coefficient (Wildman–Crippen LogP) is 8.31. The number of benzene rings is 4. The van der Waals surface area contributed by atoms with Crippen molar-refractivity contribution in [3.05, 3.63) is 123 Å². The molecular weight excluding hydrogens is 475 g/mol. The minimum atomic E-state index is -1.18. The van der Waals surface area contributed by atoms with Gasteiger partial charge in [-0.2, -0.15) is 0 Å². The van der Waals surface area contributed by atoms with Gasteiger partial charge in [-0.25, -0.2) is 0 Å². The van der Waals surface area contributed by atoms with Crippen LogP contribution in [0.25, 0.3) is 22.2 Å². The monoisotopic (exact) mass is 496 g/mol. The van der Waals surface area contributed by atoms with Crippen molar-refractivity contribution >= 4 is 45.6 Å². The lowest BCUT2D eigenvalue weighted by atomic mass is 9.77. The van der Waals surface area contributed by atoms with Gasteiger partial charge < -0.3 is 10.3 Å². The van der Waals surface area contributed by atoms with Crippen molar-refractivity contribution in [3.63, 3.8) is 0 Å². The number of aryl methyl sites for hydroxylation is 2. The SMILES string of the molecule is Cc1ccc2c(c1)C(=O)[C@](c1cccc(Cl)c1)(c1c(-c3cccc(Cl)c3)[nH]c3ccc(C)cc13)N2. The standard InChI is InChI=1S/C30H22Cl2N2O/c1-17-9-11-25-23(13-17)27(28(33-25)19-5-3-7-21(31)15-19)30(20-6-4-8-22(32)16-20)29(35)24-14-18(2)10-12-26(24)34-30/h3-16,33-34H,1-2H3/t30-/m0/s1. The maximum absolute atomic E-state index is 14.5. The fraction of sp³-hybridized carbons (Fsp3) is 0.100. The summed E-state index contributed by atoms with van der Waals surface area (Å²) in [4.78, 5) is 18.1. The van der Waals surface area contributed by atoms with E-state index in [0.717, 1.165) is 50.1 Å². The van der Waals surface area contributed by atoms with Gasteiger partial charge in [0.05, 0.1) is 5.69 Å². The van der Waals surface area contributed by atoms with Gasteiger partial charge >= 0.3 is 0 Å². The first-order valence-corrected chi connectivity index (χ1v) is 12.2. The van der Waals surface area contributed by atoms with Gasteiger partial charge in [0.25, 0.3) is 0 Å². The van der Waals surface area contributed by atoms with Crippen LogP contribution in [0.1, 0.15) is 32.6 Å². The van der Waals surface area contributed by atoms with Gasteiger partial charge in [0, 0.05) is 37.8 Å². The molecule has 1 aliphatic heterocycles. The fourth-order valence-electron chi connectivity index (χ4n) is 5.22. The minimum Gasteiger partial charge on any atom is -0.365 e. The third-order valence-corrected chi connectivity index (χ3v) is 7.25. The number of ketones is 1. The van der Waals surface area contributed by atoms with Gasteiger partial charge in [-0.1, -0.05) is 70.7 Å². The highest BCUT2D eigenvalue weighted by Crippen LogP contribution is 2.50. The number of nitrogens with one attached hydrogen (secondary N) is 2. The number of H-pyrrole nitrogens is 1. The van der Waals surface area contributed by atoms with E-state index in [1.54, 1.807) is 0 Å². The molecule has 35 heavy (non-hydrogen) atoms. The number of halogens is 2. The summed E-state index contributed by atoms with van der Waals surface area (Å²) in [6.45, 7) is 4.06. The Morgan fingerprint density at radius 1 is 0.771 bits per heavy atom. The number of rotatable bonds is 3. The van der Waals surface area contributed by atoms with E-state index in [4.69, 9.17) is 23.2 Å². The summed E-state index contributed by atoms with van der Waals surface area (Å²) in [6, 6.07) is 27.5. The number of aromatic amines is 1. The van der Waals surface area contributed by atoms with Crippen molar-refractivity contribution in [1.29, 1.82) is 0 Å². The number of hydrogen-bond acceptors (Lipinski definition) is 2. The quantitative estimate of drug-likeness (QED) is 0.263. The molecule has 0 bridgehead atoms. The van der Waals surface area contributed by atoms with Crippen LogP contribution in [0.2, 0.25) is 10.0 Å². The Hall–Kier alpha value is -3.53. The maximum Gasteiger partial charge on any atom is 0.199 e. The summed E-state index contributed by atoms with van der Waals surface area (Å²) >= 11 is 12.9. The molecule has 0 spiro atoms. The average molecular weight is 497 g/mol. The third-order valence-electron chi connectivity index (χ3n) is 6.78. The molecule has 5 heteroatoms. The number of anilines is 1. The zero-order valence-corrected chi connectivity index (χ0v) is 20.8. The molecule has 5 aromatic rings. The summed E-state index contributed by atoms with van der Waals surface area (Å²) in [5, 5.41) is 5.83. The Labute approximate surface area is 213 Å². The first kappa shape index (κ1) is 22.0. The Balaban J connectivity index is 1.76. The van der Waals surface area contributed by atoms with E-state index in [9.17, 15) is 4.79 Å². The minimum absolute atomic E-state index is 0.0100. The number of hydrogen-bond donors (Lipinski definition) is 2. The van der Waals surface area contributed by atoms with Crippen molar-refractivity contribution in [2.75, 3.05) is 5.32 Å². The molecule has 3 nitrogen and oxygen atoms in total. The van der Waals surface area contributed by atoms with Gasteiger partial charge in [-0.3, -0.25) is 4.79 Å². The molecule has 1 aromatic heterocycles. The smallest absolute Gasteiger partial charge is 0.199 e. The predicted molar refractivity (Wildman–Crippen MR) is 145 cm³/mol. The second-order valence-electron chi connectivity index (χ2n) is 9.20. The highest BCUT2D eigenvalue weighted by molar-refractivity contribution is 6.31. The highest BCUT2D eigenvalue weighted by atomic mass is 35.5. The van der Waals surface area contributed by atoms with E-state index in [2.05, 4.69) is 35.4 Å². The van der Waals surface area contributed by atoms with E-state index in [0.29, 0.717) is 15.6 Å². The lowest BCUT2D eigenvalue weighted by molar-refractivity contribution is 0.0942. The van der Waals surface area contributed by atoms with Gasteiger partial charge in [0.1, 0.15) is 0 Å². The molecule has 0 fully saturated rings. The van der Waals surface area contributed by atoms with Crippen LogP contribution in [0.4, 0.5) is 5.69 Å². The van der Waals surface area contributed by atoms with Crippen LogP contribution in [0.3, 0.4) is 0 Å². The van der Waals surface area contributed by atoms with Crippen molar-refractivity contribution in [2.45, 2.75) is 19.4 Å². The molecule has 1 atom stereocenters. The number of fused-ring (bicyclic) bond motifs is 2. The van der Waals surface area contributed by atoms with E-state index < -0.39 is 5.54 Å². The molecule has 0 aliphatic carbocycles. The van der Waals surface area contributed by atoms with Crippen molar-refractivity contribution in [1.82, 2.24) is 4.98 Å². The first-order valence-electron chi connectivity index (χ1n) is 11.5. The van der Waals surface area contributed by atoms with Crippen LogP contribution in [0, 0.1) is 13.8 Å². The Morgan fingerprint density at radius 2 is 1.49 bits per heavy atom. The van der Waals surface area contributed by atoms with E-state index in [1.807, 2.05) is 73.7 Å². The molecule has 2 heterocycles. The summed E-state index contributed by atoms with van der Waals surface area (Å²) in [7, 11) is 0. The summed E-state index contributed by atoms with van der Waals surface area (Å²) < 4.78 is 0. The lowest BCUT2D eigenvalue weighted by Gasteiger charge is -2.31. The number of carbonyl (C=O) groups excluding carboxylic acids is 1. The molecule has 0 amide bonds. The largest absolute Gasteiger partial charge is 0.365 e. The van der Waals surface area contributed by atoms with Crippen LogP contribution in [0.15, 0.2) is 84.9 Å². The molecule has 1 aliphatic rings. The van der Waals surface area contributed by atoms with Crippen LogP contribution >= 0.6 is 23.2 Å². The van der Waals surface area contributed by atoms with Crippen LogP contribution in [-0.4, -0.2) is 10.8 Å². The normalized spacial score (nSPS) is 17.0. The van der Waals surface area contributed by atoms with Crippen molar-refractivity contribution in [3.8, 4) is 11.3 Å². The second kappa shape index (κ2) is 8.01. The fourth-order valence-corrected chi connectivity index (χ4v) is 5.60. The van der Waals surface area contributed by atoms with Crippen LogP contribution in [0.5, 0.6) is 0 Å². The number of Topliss-reactive ketones (excluding diaryl/α,β-unsaturated/α-hetero) is 1. The van der Waals surface area contributed by atoms with Crippen molar-refractivity contribution < 1.29 is 4.79 Å². The molecule has 0 saturated carbocycles. The van der Waals surface area contributed by atoms with E-state index in [1.165, 1.54) is 0 Å². The van der Waals surface area contributed by atoms with E-state index >= 15 is 0 Å². The zero-order chi connectivity index (χ0) is 24.3. The number of carbonyl (C=O) groups is 1. The molecule has 0 unspecified atom stereocenters. The second-order valence-corrected chi connectivity index (χ2v) is 10.1. The number of aromatic nitrogens is 1. The molecule has 6 rings (SSSR count). The lowest BCUT2D eigenvalue weighted by Crippen LogP contribution is -2.40. The summed E-state index contributed by atoms with van der Waals surface area (Å²) in [5.74, 6) is -0.0100. The maximum atomic E-state index is 14.5. The zero-order valence-electron chi connectivity index (χ0n) is 19.2. The third kappa shape index (κ3) is 3.38. The van der Waals surface area contributed by atoms with Gasteiger partial charge in [-0.15, -0.1) is 0 Å². The molecule has 0 radical (unpaired) electrons. The molecule has 4 aromatic carbocycles. The average Bonchev–Trinajstić information content (AvgIpc) is 3.35. The van der Waals surface area contributed by atoms with Crippen LogP contribution < -0.4 is 5.32 Å². The molecule has 0 saturated heterocycles. The molecule has 172 valence electrons. The Morgan fingerprint density at radius 3 is 2.26 bits per heavy atom. The van der Waals surface area contributed by atoms with Crippen molar-refractivity contribution in [2.24, 2.45) is 0 Å². The van der Waals surface area contributed by atoms with Gasteiger partial charge in [0.2, 0.25) is 0 Å². The Kier molecular flexibility index (Phi) is 5.03. The van der Waals surface area contributed by atoms with Crippen LogP contribution in [-0.2, 0) is 5.54 Å². The molecule has 2 N–H and O–H groups in total.